The van der Waals surface area contributed by atoms with Gasteiger partial charge in [-0.25, -0.2) is 0 Å². The summed E-state index contributed by atoms with van der Waals surface area (Å²) in [6.07, 6.45) is 3.91. The third kappa shape index (κ3) is 3.80. The summed E-state index contributed by atoms with van der Waals surface area (Å²) in [6.45, 7) is 4.69. The second-order valence-corrected chi connectivity index (χ2v) is 10.4. The molecule has 1 fully saturated rings. The minimum Gasteiger partial charge on any atom is -0.493 e. The maximum absolute atomic E-state index is 13.0. The number of hydrogen-bond donors (Lipinski definition) is 0. The molecule has 1 saturated heterocycles. The van der Waals surface area contributed by atoms with Gasteiger partial charge in [-0.3, -0.25) is 9.79 Å². The van der Waals surface area contributed by atoms with Crippen molar-refractivity contribution in [2.75, 3.05) is 19.6 Å². The Morgan fingerprint density at radius 1 is 1.25 bits per heavy atom. The molecule has 2 aromatic rings. The zero-order valence-corrected chi connectivity index (χ0v) is 17.9. The Balaban J connectivity index is 1.71. The number of thiol groups is 1. The van der Waals surface area contributed by atoms with Crippen LogP contribution in [0.25, 0.3) is 10.8 Å². The van der Waals surface area contributed by atoms with E-state index in [9.17, 15) is 4.79 Å². The largest absolute Gasteiger partial charge is 0.493 e. The van der Waals surface area contributed by atoms with Crippen molar-refractivity contribution in [3.63, 3.8) is 0 Å². The zero-order chi connectivity index (χ0) is 19.9. The fourth-order valence-electron chi connectivity index (χ4n) is 3.62. The summed E-state index contributed by atoms with van der Waals surface area (Å²) >= 11 is 7.22. The van der Waals surface area contributed by atoms with Crippen LogP contribution in [-0.2, 0) is 11.8 Å². The van der Waals surface area contributed by atoms with Crippen LogP contribution in [0.1, 0.15) is 37.0 Å². The smallest absolute Gasteiger partial charge is 0.256 e. The summed E-state index contributed by atoms with van der Waals surface area (Å²) in [5.74, 6) is 1.82. The lowest BCUT2D eigenvalue weighted by molar-refractivity contribution is 0.0775. The van der Waals surface area contributed by atoms with Gasteiger partial charge in [-0.15, -0.1) is 0 Å². The summed E-state index contributed by atoms with van der Waals surface area (Å²) in [7, 11) is 1.62. The topological polar surface area (TPSA) is 51.1 Å². The number of amides is 1. The van der Waals surface area contributed by atoms with Crippen molar-refractivity contribution in [2.45, 2.75) is 36.9 Å². The third-order valence-corrected chi connectivity index (χ3v) is 6.44. The first-order valence-electron chi connectivity index (χ1n) is 9.37. The number of methoxy groups -OCH3 is 1. The molecule has 2 aliphatic heterocycles. The number of fused-ring (bicyclic) bond motifs is 3. The number of alkyl halides is 1. The Bertz CT molecular complexity index is 955. The van der Waals surface area contributed by atoms with E-state index in [1.54, 1.807) is 7.11 Å². The molecule has 28 heavy (non-hydrogen) atoms. The van der Waals surface area contributed by atoms with E-state index in [0.717, 1.165) is 41.9 Å². The SMILES string of the molecule is COc1cc2cc3c(cc2cc1OC[SH+]C(C)(C)Cl)N=CC1CCCN1C3=O. The van der Waals surface area contributed by atoms with Crippen molar-refractivity contribution >= 4 is 51.9 Å². The molecule has 0 saturated carbocycles. The monoisotopic (exact) mass is 419 g/mol. The van der Waals surface area contributed by atoms with E-state index in [2.05, 4.69) is 4.99 Å². The van der Waals surface area contributed by atoms with Gasteiger partial charge < -0.3 is 14.4 Å². The zero-order valence-electron chi connectivity index (χ0n) is 16.2. The summed E-state index contributed by atoms with van der Waals surface area (Å²) in [5, 5.41) is 1.89. The molecular formula is C21H24ClN2O3S+. The summed E-state index contributed by atoms with van der Waals surface area (Å²) < 4.78 is 11.1. The molecule has 2 heterocycles. The summed E-state index contributed by atoms with van der Waals surface area (Å²) in [5.41, 5.74) is 1.36. The number of halogens is 1. The molecule has 2 aliphatic rings. The van der Waals surface area contributed by atoms with Crippen LogP contribution in [0.3, 0.4) is 0 Å². The van der Waals surface area contributed by atoms with Crippen molar-refractivity contribution in [3.05, 3.63) is 29.8 Å². The summed E-state index contributed by atoms with van der Waals surface area (Å²) in [4.78, 5) is 19.5. The average Bonchev–Trinajstić information content (AvgIpc) is 3.07. The first-order valence-corrected chi connectivity index (χ1v) is 10.8. The highest BCUT2D eigenvalue weighted by molar-refractivity contribution is 7.81. The molecule has 7 heteroatoms. The van der Waals surface area contributed by atoms with Crippen LogP contribution in [0.15, 0.2) is 29.3 Å². The molecule has 4 rings (SSSR count). The van der Waals surface area contributed by atoms with Gasteiger partial charge in [0, 0.05) is 38.4 Å². The van der Waals surface area contributed by atoms with Gasteiger partial charge in [-0.1, -0.05) is 11.6 Å². The molecule has 1 amide bonds. The van der Waals surface area contributed by atoms with Gasteiger partial charge in [-0.05, 0) is 47.9 Å². The van der Waals surface area contributed by atoms with Crippen molar-refractivity contribution in [3.8, 4) is 11.5 Å². The van der Waals surface area contributed by atoms with Crippen LogP contribution in [0.2, 0.25) is 0 Å². The van der Waals surface area contributed by atoms with Gasteiger partial charge in [-0.2, -0.15) is 0 Å². The maximum Gasteiger partial charge on any atom is 0.256 e. The van der Waals surface area contributed by atoms with Crippen LogP contribution >= 0.6 is 11.6 Å². The Morgan fingerprint density at radius 3 is 2.75 bits per heavy atom. The lowest BCUT2D eigenvalue weighted by Gasteiger charge is -2.20. The van der Waals surface area contributed by atoms with Gasteiger partial charge in [0.25, 0.3) is 5.91 Å². The highest BCUT2D eigenvalue weighted by Gasteiger charge is 2.32. The first-order chi connectivity index (χ1) is 13.4. The van der Waals surface area contributed by atoms with Crippen LogP contribution in [0.5, 0.6) is 11.5 Å². The van der Waals surface area contributed by atoms with Crippen LogP contribution in [0, 0.1) is 0 Å². The minimum atomic E-state index is -0.343. The molecule has 0 aromatic heterocycles. The molecule has 148 valence electrons. The lowest BCUT2D eigenvalue weighted by Crippen LogP contribution is -2.35. The Labute approximate surface area is 174 Å². The fraction of sp³-hybridized carbons (Fsp3) is 0.429. The molecular weight excluding hydrogens is 396 g/mol. The van der Waals surface area contributed by atoms with Crippen LogP contribution < -0.4 is 9.47 Å². The van der Waals surface area contributed by atoms with Gasteiger partial charge >= 0.3 is 0 Å². The first kappa shape index (κ1) is 19.4. The van der Waals surface area contributed by atoms with E-state index in [4.69, 9.17) is 21.1 Å². The fourth-order valence-corrected chi connectivity index (χ4v) is 4.28. The summed E-state index contributed by atoms with van der Waals surface area (Å²) in [6, 6.07) is 7.83. The van der Waals surface area contributed by atoms with Crippen molar-refractivity contribution < 1.29 is 14.3 Å². The molecule has 0 N–H and O–H groups in total. The predicted octanol–water partition coefficient (Wildman–Crippen LogP) is 4.30. The molecule has 0 bridgehead atoms. The number of carbonyl (C=O) groups excluding carboxylic acids is 1. The number of benzene rings is 2. The quantitative estimate of drug-likeness (QED) is 0.412. The van der Waals surface area contributed by atoms with Gasteiger partial charge in [0.15, 0.2) is 15.7 Å². The molecule has 0 spiro atoms. The Morgan fingerprint density at radius 2 is 2.00 bits per heavy atom. The average molecular weight is 420 g/mol. The normalized spacial score (nSPS) is 18.8. The highest BCUT2D eigenvalue weighted by atomic mass is 35.5. The second-order valence-electron chi connectivity index (χ2n) is 7.55. The number of ether oxygens (including phenoxy) is 2. The van der Waals surface area contributed by atoms with Crippen molar-refractivity contribution in [1.29, 1.82) is 0 Å². The van der Waals surface area contributed by atoms with E-state index < -0.39 is 0 Å². The van der Waals surface area contributed by atoms with Crippen LogP contribution in [-0.4, -0.2) is 46.9 Å². The molecule has 1 atom stereocenters. The Kier molecular flexibility index (Phi) is 5.19. The standard InChI is InChI=1S/C21H23ClN2O3S/c1-21(2,22)28-12-27-19-10-14-8-17-16(7-13(14)9-18(19)26-3)20(25)24-6-4-5-15(24)11-23-17/h7-11,15H,4-6,12H2,1-3H3/p+1. The third-order valence-electron chi connectivity index (χ3n) is 5.07. The number of aliphatic imine (C=N–C) groups is 1. The molecule has 5 nitrogen and oxygen atoms in total. The van der Waals surface area contributed by atoms with Gasteiger partial charge in [0.2, 0.25) is 5.94 Å². The van der Waals surface area contributed by atoms with E-state index in [1.807, 2.05) is 49.2 Å². The van der Waals surface area contributed by atoms with Gasteiger partial charge in [0.05, 0.1) is 24.4 Å². The molecule has 0 aliphatic carbocycles. The minimum absolute atomic E-state index is 0.0549. The number of nitrogens with zero attached hydrogens (tertiary/aromatic N) is 2. The molecule has 1 unspecified atom stereocenters. The molecule has 0 radical (unpaired) electrons. The number of rotatable bonds is 5. The highest BCUT2D eigenvalue weighted by Crippen LogP contribution is 2.37. The number of carbonyl (C=O) groups is 1. The molecule has 2 aromatic carbocycles. The van der Waals surface area contributed by atoms with Crippen molar-refractivity contribution in [1.82, 2.24) is 4.90 Å². The van der Waals surface area contributed by atoms with Crippen molar-refractivity contribution in [2.24, 2.45) is 4.99 Å². The van der Waals surface area contributed by atoms with E-state index in [1.165, 1.54) is 0 Å². The lowest BCUT2D eigenvalue weighted by atomic mass is 10.0. The van der Waals surface area contributed by atoms with E-state index >= 15 is 0 Å². The van der Waals surface area contributed by atoms with E-state index in [0.29, 0.717) is 28.7 Å². The predicted molar refractivity (Wildman–Crippen MR) is 117 cm³/mol. The van der Waals surface area contributed by atoms with Crippen LogP contribution in [0.4, 0.5) is 5.69 Å². The van der Waals surface area contributed by atoms with E-state index in [-0.39, 0.29) is 16.2 Å². The van der Waals surface area contributed by atoms with Gasteiger partial charge in [0.1, 0.15) is 0 Å². The maximum atomic E-state index is 13.0. The Hall–Kier alpha value is -1.92. The number of hydrogen-bond acceptors (Lipinski definition) is 4. The second kappa shape index (κ2) is 7.48.